The molecule has 2 heterocycles. The molecule has 4 nitrogen and oxygen atoms in total. The maximum absolute atomic E-state index is 15.1. The number of aromatic hydroxyl groups is 1. The highest BCUT2D eigenvalue weighted by Crippen LogP contribution is 2.62. The van der Waals surface area contributed by atoms with Crippen molar-refractivity contribution < 1.29 is 14.3 Å². The van der Waals surface area contributed by atoms with E-state index in [1.165, 1.54) is 43.5 Å². The van der Waals surface area contributed by atoms with Gasteiger partial charge in [-0.15, -0.1) is 0 Å². The lowest BCUT2D eigenvalue weighted by Crippen LogP contribution is -2.48. The van der Waals surface area contributed by atoms with Crippen molar-refractivity contribution in [1.29, 1.82) is 0 Å². The van der Waals surface area contributed by atoms with E-state index < -0.39 is 5.82 Å². The van der Waals surface area contributed by atoms with Crippen molar-refractivity contribution in [1.82, 2.24) is 4.90 Å². The van der Waals surface area contributed by atoms with E-state index in [9.17, 15) is 9.90 Å². The summed E-state index contributed by atoms with van der Waals surface area (Å²) in [5, 5.41) is 11.7. The fraction of sp³-hybridized carbons (Fsp3) is 0.484. The molecule has 4 bridgehead atoms. The molecule has 2 aromatic carbocycles. The van der Waals surface area contributed by atoms with E-state index in [1.54, 1.807) is 0 Å². The van der Waals surface area contributed by atoms with Crippen LogP contribution in [0.5, 0.6) is 5.75 Å². The molecule has 6 aliphatic rings. The molecule has 4 saturated carbocycles. The Labute approximate surface area is 222 Å². The molecular weight excluding hydrogens is 483 g/mol. The van der Waals surface area contributed by atoms with Crippen LogP contribution in [-0.2, 0) is 10.2 Å². The van der Waals surface area contributed by atoms with Crippen LogP contribution in [0.25, 0.3) is 17.2 Å². The summed E-state index contributed by atoms with van der Waals surface area (Å²) in [5.41, 5.74) is 3.40. The molecule has 1 amide bonds. The summed E-state index contributed by atoms with van der Waals surface area (Å²) in [4.78, 5) is 19.7. The van der Waals surface area contributed by atoms with Crippen molar-refractivity contribution >= 4 is 28.9 Å². The van der Waals surface area contributed by atoms with Gasteiger partial charge in [0.05, 0.1) is 4.91 Å². The standard InChI is InChI=1S/C31H33FN2O2S/c32-26-15-24(14-25(28(26)35)31-16-20-10-21(17-31)12-22(11-20)18-31)23-6-4-19(5-7-23)13-27-29(36)33-30(37-27)34-8-2-1-3-9-34/h4-7,13-15,20-22,35H,1-3,8-12,16-18H2. The molecule has 8 rings (SSSR count). The third-order valence-corrected chi connectivity index (χ3v) is 10.5. The van der Waals surface area contributed by atoms with E-state index in [0.717, 1.165) is 90.4 Å². The number of likely N-dealkylation sites (tertiary alicyclic amines) is 1. The van der Waals surface area contributed by atoms with Crippen molar-refractivity contribution in [3.8, 4) is 16.9 Å². The molecule has 1 saturated heterocycles. The summed E-state index contributed by atoms with van der Waals surface area (Å²) in [6.45, 7) is 1.94. The van der Waals surface area contributed by atoms with E-state index in [0.29, 0.717) is 4.91 Å². The SMILES string of the molecule is O=C1N=C(N2CCCCC2)SC1=Cc1ccc(-c2cc(F)c(O)c(C34CC5CC(CC(C5)C3)C4)c2)cc1. The molecular formula is C31H33FN2O2S. The zero-order valence-electron chi connectivity index (χ0n) is 21.1. The minimum Gasteiger partial charge on any atom is -0.505 e. The molecule has 0 aromatic heterocycles. The summed E-state index contributed by atoms with van der Waals surface area (Å²) in [7, 11) is 0. The first-order chi connectivity index (χ1) is 18.0. The van der Waals surface area contributed by atoms with Gasteiger partial charge < -0.3 is 10.0 Å². The third-order valence-electron chi connectivity index (χ3n) is 9.45. The average molecular weight is 517 g/mol. The van der Waals surface area contributed by atoms with Gasteiger partial charge in [-0.25, -0.2) is 4.39 Å². The average Bonchev–Trinajstić information content (AvgIpc) is 3.25. The predicted molar refractivity (Wildman–Crippen MR) is 147 cm³/mol. The Morgan fingerprint density at radius 2 is 1.59 bits per heavy atom. The molecule has 2 aliphatic heterocycles. The third kappa shape index (κ3) is 4.21. The Hall–Kier alpha value is -2.60. The number of hydrogen-bond donors (Lipinski definition) is 1. The number of nitrogens with zero attached hydrogens (tertiary/aromatic N) is 2. The molecule has 4 aliphatic carbocycles. The molecule has 6 heteroatoms. The molecule has 0 atom stereocenters. The predicted octanol–water partition coefficient (Wildman–Crippen LogP) is 7.12. The number of amidine groups is 1. The number of carbonyl (C=O) groups is 1. The molecule has 37 heavy (non-hydrogen) atoms. The van der Waals surface area contributed by atoms with Gasteiger partial charge in [-0.3, -0.25) is 4.79 Å². The van der Waals surface area contributed by atoms with E-state index >= 15 is 4.39 Å². The smallest absolute Gasteiger partial charge is 0.286 e. The number of rotatable bonds is 3. The molecule has 192 valence electrons. The topological polar surface area (TPSA) is 52.9 Å². The molecule has 0 spiro atoms. The monoisotopic (exact) mass is 516 g/mol. The lowest BCUT2D eigenvalue weighted by Gasteiger charge is -2.57. The second-order valence-corrected chi connectivity index (χ2v) is 13.0. The van der Waals surface area contributed by atoms with Crippen molar-refractivity contribution in [3.63, 3.8) is 0 Å². The van der Waals surface area contributed by atoms with Gasteiger partial charge in [0, 0.05) is 18.7 Å². The van der Waals surface area contributed by atoms with Crippen LogP contribution in [0.2, 0.25) is 0 Å². The number of hydrogen-bond acceptors (Lipinski definition) is 4. The lowest BCUT2D eigenvalue weighted by atomic mass is 9.48. The summed E-state index contributed by atoms with van der Waals surface area (Å²) >= 11 is 1.46. The Balaban J connectivity index is 1.14. The normalized spacial score (nSPS) is 31.9. The number of carbonyl (C=O) groups excluding carboxylic acids is 1. The van der Waals surface area contributed by atoms with Gasteiger partial charge >= 0.3 is 0 Å². The van der Waals surface area contributed by atoms with Crippen LogP contribution in [0.3, 0.4) is 0 Å². The van der Waals surface area contributed by atoms with E-state index in [2.05, 4.69) is 9.89 Å². The van der Waals surface area contributed by atoms with Crippen LogP contribution in [0.4, 0.5) is 4.39 Å². The summed E-state index contributed by atoms with van der Waals surface area (Å²) in [5.74, 6) is 1.33. The van der Waals surface area contributed by atoms with Crippen LogP contribution in [0.1, 0.15) is 68.9 Å². The summed E-state index contributed by atoms with van der Waals surface area (Å²) < 4.78 is 15.1. The number of phenolic OH excluding ortho intramolecular Hbond substituents is 1. The highest BCUT2D eigenvalue weighted by atomic mass is 32.2. The number of phenols is 1. The van der Waals surface area contributed by atoms with E-state index in [4.69, 9.17) is 0 Å². The van der Waals surface area contributed by atoms with Gasteiger partial charge in [0.2, 0.25) is 0 Å². The highest BCUT2D eigenvalue weighted by Gasteiger charge is 2.52. The van der Waals surface area contributed by atoms with Crippen molar-refractivity contribution in [3.05, 3.63) is 58.2 Å². The van der Waals surface area contributed by atoms with Gasteiger partial charge in [-0.1, -0.05) is 24.3 Å². The largest absolute Gasteiger partial charge is 0.505 e. The quantitative estimate of drug-likeness (QED) is 0.441. The Morgan fingerprint density at radius 3 is 2.24 bits per heavy atom. The summed E-state index contributed by atoms with van der Waals surface area (Å²) in [6.07, 6.45) is 12.6. The van der Waals surface area contributed by atoms with Crippen LogP contribution in [-0.4, -0.2) is 34.2 Å². The fourth-order valence-corrected chi connectivity index (χ4v) is 9.12. The van der Waals surface area contributed by atoms with Gasteiger partial charge in [-0.2, -0.15) is 4.99 Å². The maximum atomic E-state index is 15.1. The number of amides is 1. The lowest BCUT2D eigenvalue weighted by molar-refractivity contribution is -0.113. The van der Waals surface area contributed by atoms with Crippen molar-refractivity contribution in [2.45, 2.75) is 63.2 Å². The van der Waals surface area contributed by atoms with Crippen LogP contribution < -0.4 is 0 Å². The zero-order valence-corrected chi connectivity index (χ0v) is 21.9. The van der Waals surface area contributed by atoms with Crippen LogP contribution in [0, 0.1) is 23.6 Å². The van der Waals surface area contributed by atoms with E-state index in [-0.39, 0.29) is 17.1 Å². The Kier molecular flexibility index (Phi) is 5.72. The summed E-state index contributed by atoms with van der Waals surface area (Å²) in [6, 6.07) is 11.4. The van der Waals surface area contributed by atoms with E-state index in [1.807, 2.05) is 36.4 Å². The molecule has 2 aromatic rings. The molecule has 0 unspecified atom stereocenters. The number of halogens is 1. The molecule has 5 fully saturated rings. The van der Waals surface area contributed by atoms with Gasteiger partial charge in [-0.05, 0) is 128 Å². The van der Waals surface area contributed by atoms with Crippen molar-refractivity contribution in [2.75, 3.05) is 13.1 Å². The second-order valence-electron chi connectivity index (χ2n) is 12.0. The van der Waals surface area contributed by atoms with Crippen molar-refractivity contribution in [2.24, 2.45) is 22.7 Å². The number of benzene rings is 2. The second kappa shape index (κ2) is 9.00. The van der Waals surface area contributed by atoms with Crippen LogP contribution in [0.15, 0.2) is 46.3 Å². The highest BCUT2D eigenvalue weighted by molar-refractivity contribution is 8.18. The molecule has 0 radical (unpaired) electrons. The number of piperidine rings is 1. The maximum Gasteiger partial charge on any atom is 0.286 e. The van der Waals surface area contributed by atoms with Gasteiger partial charge in [0.25, 0.3) is 5.91 Å². The number of aliphatic imine (C=N–C) groups is 1. The first-order valence-corrected chi connectivity index (χ1v) is 14.7. The van der Waals surface area contributed by atoms with Gasteiger partial charge in [0.15, 0.2) is 16.7 Å². The zero-order chi connectivity index (χ0) is 25.1. The molecule has 1 N–H and O–H groups in total. The minimum absolute atomic E-state index is 0.0772. The van der Waals surface area contributed by atoms with Gasteiger partial charge in [0.1, 0.15) is 0 Å². The minimum atomic E-state index is -0.523. The van der Waals surface area contributed by atoms with Crippen LogP contribution >= 0.6 is 11.8 Å². The first kappa shape index (κ1) is 23.5. The Bertz CT molecular complexity index is 1270. The number of thioether (sulfide) groups is 1. The first-order valence-electron chi connectivity index (χ1n) is 13.9. The Morgan fingerprint density at radius 1 is 0.946 bits per heavy atom. The fourth-order valence-electron chi connectivity index (χ4n) is 8.15.